The lowest BCUT2D eigenvalue weighted by Gasteiger charge is -2.03. The molecule has 8 heteroatoms. The maximum atomic E-state index is 13.1. The molecule has 0 aliphatic rings. The van der Waals surface area contributed by atoms with E-state index in [-0.39, 0.29) is 27.9 Å². The summed E-state index contributed by atoms with van der Waals surface area (Å²) in [6, 6.07) is 14.6. The highest BCUT2D eigenvalue weighted by molar-refractivity contribution is 6.09. The molecule has 0 aliphatic carbocycles. The lowest BCUT2D eigenvalue weighted by molar-refractivity contribution is 0.103. The van der Waals surface area contributed by atoms with Crippen molar-refractivity contribution in [1.29, 1.82) is 0 Å². The van der Waals surface area contributed by atoms with E-state index in [1.807, 2.05) is 0 Å². The number of nitrogens with one attached hydrogen (secondary N) is 2. The highest BCUT2D eigenvalue weighted by Gasteiger charge is 2.09. The number of carbonyl (C=O) groups is 1. The van der Waals surface area contributed by atoms with Crippen molar-refractivity contribution in [2.45, 2.75) is 0 Å². The van der Waals surface area contributed by atoms with Gasteiger partial charge in [-0.25, -0.2) is 4.39 Å². The fourth-order valence-electron chi connectivity index (χ4n) is 3.06. The van der Waals surface area contributed by atoms with Crippen molar-refractivity contribution >= 4 is 17.9 Å². The number of aromatic amines is 2. The first-order valence-electron chi connectivity index (χ1n) is 9.51. The molecule has 2 aromatic heterocycles. The number of hydrogen-bond donors (Lipinski definition) is 3. The van der Waals surface area contributed by atoms with E-state index in [1.165, 1.54) is 54.7 Å². The minimum Gasteiger partial charge on any atom is -0.506 e. The summed E-state index contributed by atoms with van der Waals surface area (Å²) < 4.78 is 13.1. The smallest absolute Gasteiger partial charge is 0.272 e. The third kappa shape index (κ3) is 4.44. The van der Waals surface area contributed by atoms with Crippen molar-refractivity contribution in [2.24, 2.45) is 0 Å². The Kier molecular flexibility index (Phi) is 5.59. The maximum absolute atomic E-state index is 13.1. The number of carbonyl (C=O) groups excluding carboxylic acids is 1. The standard InChI is InChI=1S/C24H16FN3O4/c25-17-8-6-15(7-9-17)22(30)16-4-1-3-14(11-16)12-19-23(31)28-20(24(32)27-19)13-18-21(29)5-2-10-26-18/h1-13,29H,(H,27,32)(H,28,31). The maximum Gasteiger partial charge on any atom is 0.272 e. The van der Waals surface area contributed by atoms with E-state index in [1.54, 1.807) is 24.3 Å². The van der Waals surface area contributed by atoms with Gasteiger partial charge < -0.3 is 15.1 Å². The highest BCUT2D eigenvalue weighted by atomic mass is 19.1. The minimum atomic E-state index is -0.584. The largest absolute Gasteiger partial charge is 0.506 e. The van der Waals surface area contributed by atoms with Gasteiger partial charge in [-0.1, -0.05) is 18.2 Å². The topological polar surface area (TPSA) is 116 Å². The van der Waals surface area contributed by atoms with Crippen molar-refractivity contribution in [3.05, 3.63) is 126 Å². The molecule has 4 aromatic rings. The number of H-pyrrole nitrogens is 2. The summed E-state index contributed by atoms with van der Waals surface area (Å²) in [6.07, 6.45) is 4.14. The molecule has 0 radical (unpaired) electrons. The van der Waals surface area contributed by atoms with E-state index in [4.69, 9.17) is 0 Å². The van der Waals surface area contributed by atoms with Crippen LogP contribution in [0.3, 0.4) is 0 Å². The summed E-state index contributed by atoms with van der Waals surface area (Å²) in [5, 5.41) is 9.72. The van der Waals surface area contributed by atoms with Crippen LogP contribution in [0.25, 0.3) is 12.2 Å². The van der Waals surface area contributed by atoms with Crippen molar-refractivity contribution in [3.63, 3.8) is 0 Å². The number of pyridine rings is 1. The molecule has 7 nitrogen and oxygen atoms in total. The van der Waals surface area contributed by atoms with Gasteiger partial charge in [0.1, 0.15) is 28.0 Å². The second kappa shape index (κ2) is 8.65. The summed E-state index contributed by atoms with van der Waals surface area (Å²) in [5.74, 6) is -0.875. The van der Waals surface area contributed by atoms with Gasteiger partial charge in [-0.3, -0.25) is 19.4 Å². The number of rotatable bonds is 4. The van der Waals surface area contributed by atoms with Crippen LogP contribution in [0.5, 0.6) is 5.75 Å². The van der Waals surface area contributed by atoms with Crippen LogP contribution in [0, 0.1) is 5.82 Å². The van der Waals surface area contributed by atoms with Gasteiger partial charge in [0.05, 0.1) is 0 Å². The molecular weight excluding hydrogens is 413 g/mol. The van der Waals surface area contributed by atoms with Gasteiger partial charge >= 0.3 is 0 Å². The van der Waals surface area contributed by atoms with Crippen LogP contribution in [0.15, 0.2) is 76.4 Å². The Balaban J connectivity index is 1.73. The molecule has 2 aromatic carbocycles. The zero-order valence-electron chi connectivity index (χ0n) is 16.5. The van der Waals surface area contributed by atoms with E-state index in [2.05, 4.69) is 15.0 Å². The van der Waals surface area contributed by atoms with E-state index in [9.17, 15) is 23.9 Å². The van der Waals surface area contributed by atoms with E-state index >= 15 is 0 Å². The summed E-state index contributed by atoms with van der Waals surface area (Å²) >= 11 is 0. The van der Waals surface area contributed by atoms with Crippen molar-refractivity contribution < 1.29 is 14.3 Å². The van der Waals surface area contributed by atoms with Crippen molar-refractivity contribution in [2.75, 3.05) is 0 Å². The molecule has 3 N–H and O–H groups in total. The van der Waals surface area contributed by atoms with Crippen LogP contribution in [-0.2, 0) is 0 Å². The molecule has 0 saturated carbocycles. The predicted molar refractivity (Wildman–Crippen MR) is 116 cm³/mol. The van der Waals surface area contributed by atoms with Gasteiger partial charge in [-0.05, 0) is 60.2 Å². The Hall–Kier alpha value is -4.59. The molecule has 0 atom stereocenters. The molecule has 0 bridgehead atoms. The van der Waals surface area contributed by atoms with Crippen molar-refractivity contribution in [1.82, 2.24) is 15.0 Å². The second-order valence-electron chi connectivity index (χ2n) is 6.89. The number of ketones is 1. The molecule has 2 heterocycles. The molecule has 0 fully saturated rings. The van der Waals surface area contributed by atoms with Gasteiger partial charge in [0.15, 0.2) is 5.78 Å². The number of aromatic nitrogens is 3. The number of nitrogens with zero attached hydrogens (tertiary/aromatic N) is 1. The van der Waals surface area contributed by atoms with Crippen LogP contribution in [-0.4, -0.2) is 25.8 Å². The minimum absolute atomic E-state index is 0.0104. The van der Waals surface area contributed by atoms with E-state index < -0.39 is 16.9 Å². The van der Waals surface area contributed by atoms with Gasteiger partial charge in [-0.15, -0.1) is 0 Å². The first-order chi connectivity index (χ1) is 15.4. The third-order valence-electron chi connectivity index (χ3n) is 4.65. The Morgan fingerprint density at radius 3 is 2.25 bits per heavy atom. The Morgan fingerprint density at radius 1 is 0.875 bits per heavy atom. The molecule has 4 rings (SSSR count). The molecule has 0 amide bonds. The summed E-state index contributed by atoms with van der Waals surface area (Å²) in [6.45, 7) is 0. The molecule has 0 unspecified atom stereocenters. The summed E-state index contributed by atoms with van der Waals surface area (Å²) in [4.78, 5) is 46.4. The normalized spacial score (nSPS) is 12.2. The average molecular weight is 429 g/mol. The molecule has 32 heavy (non-hydrogen) atoms. The van der Waals surface area contributed by atoms with Gasteiger partial charge in [0.25, 0.3) is 11.1 Å². The Morgan fingerprint density at radius 2 is 1.56 bits per heavy atom. The summed E-state index contributed by atoms with van der Waals surface area (Å²) in [7, 11) is 0. The quantitative estimate of drug-likeness (QED) is 0.422. The van der Waals surface area contributed by atoms with Crippen molar-refractivity contribution in [3.8, 4) is 5.75 Å². The zero-order valence-corrected chi connectivity index (χ0v) is 16.5. The number of hydrogen-bond acceptors (Lipinski definition) is 5. The van der Waals surface area contributed by atoms with Gasteiger partial charge in [0.2, 0.25) is 0 Å². The highest BCUT2D eigenvalue weighted by Crippen LogP contribution is 2.13. The lowest BCUT2D eigenvalue weighted by atomic mass is 10.0. The number of benzene rings is 2. The predicted octanol–water partition coefficient (Wildman–Crippen LogP) is 1.19. The lowest BCUT2D eigenvalue weighted by Crippen LogP contribution is -2.46. The van der Waals surface area contributed by atoms with Gasteiger partial charge in [0, 0.05) is 17.3 Å². The van der Waals surface area contributed by atoms with Crippen LogP contribution in [0.2, 0.25) is 0 Å². The number of halogens is 1. The fraction of sp³-hybridized carbons (Fsp3) is 0. The van der Waals surface area contributed by atoms with Crippen LogP contribution < -0.4 is 21.8 Å². The first kappa shape index (κ1) is 20.7. The first-order valence-corrected chi connectivity index (χ1v) is 9.51. The van der Waals surface area contributed by atoms with Crippen LogP contribution in [0.4, 0.5) is 4.39 Å². The third-order valence-corrected chi connectivity index (χ3v) is 4.65. The summed E-state index contributed by atoms with van der Waals surface area (Å²) in [5.41, 5.74) is 0.170. The Labute approximate surface area is 179 Å². The Bertz CT molecular complexity index is 1550. The molecular formula is C24H16FN3O4. The molecule has 0 saturated heterocycles. The molecule has 0 spiro atoms. The molecule has 0 aliphatic heterocycles. The van der Waals surface area contributed by atoms with Crippen LogP contribution >= 0.6 is 0 Å². The molecule has 158 valence electrons. The van der Waals surface area contributed by atoms with E-state index in [0.717, 1.165) is 0 Å². The zero-order chi connectivity index (χ0) is 22.7. The fourth-order valence-corrected chi connectivity index (χ4v) is 3.06. The SMILES string of the molecule is O=C(c1ccc(F)cc1)c1cccc(C=c2[nH]c(=O)c(=Cc3ncccc3O)[nH]c2=O)c1. The van der Waals surface area contributed by atoms with Crippen LogP contribution in [0.1, 0.15) is 27.2 Å². The van der Waals surface area contributed by atoms with Gasteiger partial charge in [-0.2, -0.15) is 0 Å². The average Bonchev–Trinajstić information content (AvgIpc) is 2.79. The number of aromatic hydroxyl groups is 1. The monoisotopic (exact) mass is 429 g/mol. The second-order valence-corrected chi connectivity index (χ2v) is 6.89. The van der Waals surface area contributed by atoms with E-state index in [0.29, 0.717) is 16.7 Å².